The van der Waals surface area contributed by atoms with E-state index in [-0.39, 0.29) is 0 Å². The lowest BCUT2D eigenvalue weighted by molar-refractivity contribution is 0.171. The van der Waals surface area contributed by atoms with Crippen molar-refractivity contribution in [2.75, 3.05) is 26.8 Å². The zero-order valence-electron chi connectivity index (χ0n) is 11.6. The minimum Gasteiger partial charge on any atom is -0.486 e. The Balaban J connectivity index is 2.17. The molecule has 1 unspecified atom stereocenters. The molecule has 0 fully saturated rings. The molecule has 2 rings (SSSR count). The van der Waals surface area contributed by atoms with Gasteiger partial charge in [-0.15, -0.1) is 0 Å². The van der Waals surface area contributed by atoms with Crippen molar-refractivity contribution in [1.29, 1.82) is 0 Å². The van der Waals surface area contributed by atoms with Crippen molar-refractivity contribution in [3.05, 3.63) is 23.3 Å². The van der Waals surface area contributed by atoms with E-state index in [1.54, 1.807) is 0 Å². The van der Waals surface area contributed by atoms with E-state index < -0.39 is 0 Å². The Kier molecular flexibility index (Phi) is 4.48. The first-order chi connectivity index (χ1) is 8.74. The van der Waals surface area contributed by atoms with E-state index in [1.165, 1.54) is 17.5 Å². The smallest absolute Gasteiger partial charge is 0.161 e. The summed E-state index contributed by atoms with van der Waals surface area (Å²) >= 11 is 0. The van der Waals surface area contributed by atoms with Crippen LogP contribution < -0.4 is 14.8 Å². The van der Waals surface area contributed by atoms with Gasteiger partial charge in [0, 0.05) is 0 Å². The fourth-order valence-corrected chi connectivity index (χ4v) is 2.41. The Morgan fingerprint density at radius 3 is 2.50 bits per heavy atom. The van der Waals surface area contributed by atoms with Crippen LogP contribution in [0.4, 0.5) is 0 Å². The summed E-state index contributed by atoms with van der Waals surface area (Å²) < 4.78 is 11.3. The van der Waals surface area contributed by atoms with Crippen molar-refractivity contribution >= 4 is 0 Å². The van der Waals surface area contributed by atoms with Gasteiger partial charge in [0.05, 0.1) is 0 Å². The molecule has 100 valence electrons. The van der Waals surface area contributed by atoms with Gasteiger partial charge in [-0.05, 0) is 56.1 Å². The quantitative estimate of drug-likeness (QED) is 0.870. The molecule has 0 aromatic heterocycles. The molecular formula is C15H23NO2. The maximum absolute atomic E-state index is 5.65. The molecule has 1 aliphatic rings. The lowest BCUT2D eigenvalue weighted by atomic mass is 9.93. The molecule has 1 aromatic carbocycles. The summed E-state index contributed by atoms with van der Waals surface area (Å²) in [4.78, 5) is 0. The Hall–Kier alpha value is -1.22. The summed E-state index contributed by atoms with van der Waals surface area (Å²) in [6.45, 7) is 6.77. The Labute approximate surface area is 109 Å². The minimum absolute atomic E-state index is 0.656. The second-order valence-corrected chi connectivity index (χ2v) is 4.96. The van der Waals surface area contributed by atoms with E-state index in [4.69, 9.17) is 9.47 Å². The molecule has 1 atom stereocenters. The molecule has 0 saturated carbocycles. The van der Waals surface area contributed by atoms with Crippen LogP contribution in [-0.4, -0.2) is 26.8 Å². The van der Waals surface area contributed by atoms with Gasteiger partial charge in [-0.3, -0.25) is 0 Å². The third-order valence-corrected chi connectivity index (χ3v) is 3.58. The Morgan fingerprint density at radius 1 is 1.22 bits per heavy atom. The maximum Gasteiger partial charge on any atom is 0.161 e. The fourth-order valence-electron chi connectivity index (χ4n) is 2.41. The van der Waals surface area contributed by atoms with Crippen LogP contribution in [0.2, 0.25) is 0 Å². The molecule has 1 N–H and O–H groups in total. The van der Waals surface area contributed by atoms with E-state index in [9.17, 15) is 0 Å². The molecule has 0 aliphatic carbocycles. The molecule has 1 heterocycles. The third kappa shape index (κ3) is 2.96. The number of hydrogen-bond acceptors (Lipinski definition) is 3. The van der Waals surface area contributed by atoms with Gasteiger partial charge in [-0.2, -0.15) is 0 Å². The molecule has 0 radical (unpaired) electrons. The van der Waals surface area contributed by atoms with Gasteiger partial charge < -0.3 is 14.8 Å². The summed E-state index contributed by atoms with van der Waals surface area (Å²) in [5.41, 5.74) is 2.68. The zero-order valence-corrected chi connectivity index (χ0v) is 11.6. The highest BCUT2D eigenvalue weighted by Gasteiger charge is 2.16. The van der Waals surface area contributed by atoms with Crippen molar-refractivity contribution < 1.29 is 9.47 Å². The van der Waals surface area contributed by atoms with Gasteiger partial charge in [0.15, 0.2) is 11.5 Å². The van der Waals surface area contributed by atoms with Crippen LogP contribution in [0.5, 0.6) is 11.5 Å². The molecule has 3 nitrogen and oxygen atoms in total. The van der Waals surface area contributed by atoms with Gasteiger partial charge >= 0.3 is 0 Å². The van der Waals surface area contributed by atoms with Gasteiger partial charge in [0.2, 0.25) is 0 Å². The molecule has 0 saturated heterocycles. The van der Waals surface area contributed by atoms with E-state index in [2.05, 4.69) is 31.3 Å². The third-order valence-electron chi connectivity index (χ3n) is 3.58. The largest absolute Gasteiger partial charge is 0.486 e. The molecule has 0 spiro atoms. The molecule has 1 aliphatic heterocycles. The van der Waals surface area contributed by atoms with Crippen molar-refractivity contribution in [3.8, 4) is 11.5 Å². The van der Waals surface area contributed by atoms with Crippen molar-refractivity contribution in [2.45, 2.75) is 26.7 Å². The topological polar surface area (TPSA) is 30.5 Å². The van der Waals surface area contributed by atoms with Crippen LogP contribution in [0.3, 0.4) is 0 Å². The van der Waals surface area contributed by atoms with Crippen LogP contribution in [0.15, 0.2) is 12.1 Å². The van der Waals surface area contributed by atoms with Crippen molar-refractivity contribution in [3.63, 3.8) is 0 Å². The first kappa shape index (κ1) is 13.2. The maximum atomic E-state index is 5.65. The van der Waals surface area contributed by atoms with E-state index >= 15 is 0 Å². The predicted molar refractivity (Wildman–Crippen MR) is 73.6 cm³/mol. The number of fused-ring (bicyclic) bond motifs is 1. The van der Waals surface area contributed by atoms with Crippen molar-refractivity contribution in [2.24, 2.45) is 5.92 Å². The number of rotatable bonds is 5. The summed E-state index contributed by atoms with van der Waals surface area (Å²) in [5, 5.41) is 3.26. The first-order valence-electron chi connectivity index (χ1n) is 6.78. The summed E-state index contributed by atoms with van der Waals surface area (Å²) in [6, 6.07) is 4.26. The van der Waals surface area contributed by atoms with E-state index in [0.717, 1.165) is 24.5 Å². The highest BCUT2D eigenvalue weighted by molar-refractivity contribution is 5.47. The molecule has 0 amide bonds. The van der Waals surface area contributed by atoms with E-state index in [1.807, 2.05) is 7.05 Å². The molecule has 18 heavy (non-hydrogen) atoms. The monoisotopic (exact) mass is 249 g/mol. The van der Waals surface area contributed by atoms with Crippen LogP contribution in [-0.2, 0) is 6.42 Å². The highest BCUT2D eigenvalue weighted by Crippen LogP contribution is 2.33. The van der Waals surface area contributed by atoms with E-state index in [0.29, 0.717) is 19.1 Å². The summed E-state index contributed by atoms with van der Waals surface area (Å²) in [6.07, 6.45) is 2.29. The Bertz CT molecular complexity index is 404. The summed E-state index contributed by atoms with van der Waals surface area (Å²) in [7, 11) is 2.01. The highest BCUT2D eigenvalue weighted by atomic mass is 16.6. The first-order valence-corrected chi connectivity index (χ1v) is 6.78. The average Bonchev–Trinajstić information content (AvgIpc) is 2.39. The predicted octanol–water partition coefficient (Wildman–Crippen LogP) is 2.55. The standard InChI is InChI=1S/C15H23NO2/c1-4-12(10-16-3)8-13-9-15-14(7-11(13)2)17-5-6-18-15/h7,9,12,16H,4-6,8,10H2,1-3H3. The lowest BCUT2D eigenvalue weighted by Gasteiger charge is -2.22. The average molecular weight is 249 g/mol. The van der Waals surface area contributed by atoms with Gasteiger partial charge in [0.1, 0.15) is 13.2 Å². The zero-order chi connectivity index (χ0) is 13.0. The molecule has 3 heteroatoms. The number of benzene rings is 1. The van der Waals surface area contributed by atoms with Gasteiger partial charge in [-0.25, -0.2) is 0 Å². The number of aryl methyl sites for hydroxylation is 1. The number of ether oxygens (including phenoxy) is 2. The van der Waals surface area contributed by atoms with Crippen LogP contribution in [0.1, 0.15) is 24.5 Å². The lowest BCUT2D eigenvalue weighted by Crippen LogP contribution is -2.21. The number of nitrogens with one attached hydrogen (secondary N) is 1. The normalized spacial score (nSPS) is 15.5. The van der Waals surface area contributed by atoms with Crippen molar-refractivity contribution in [1.82, 2.24) is 5.32 Å². The van der Waals surface area contributed by atoms with Crippen LogP contribution in [0, 0.1) is 12.8 Å². The van der Waals surface area contributed by atoms with Gasteiger partial charge in [0.25, 0.3) is 0 Å². The molecule has 0 bridgehead atoms. The Morgan fingerprint density at radius 2 is 1.89 bits per heavy atom. The minimum atomic E-state index is 0.656. The van der Waals surface area contributed by atoms with Gasteiger partial charge in [-0.1, -0.05) is 13.3 Å². The molecular weight excluding hydrogens is 226 g/mol. The van der Waals surface area contributed by atoms with Crippen LogP contribution in [0.25, 0.3) is 0 Å². The summed E-state index contributed by atoms with van der Waals surface area (Å²) in [5.74, 6) is 2.47. The second-order valence-electron chi connectivity index (χ2n) is 4.96. The second kappa shape index (κ2) is 6.10. The molecule has 1 aromatic rings. The number of hydrogen-bond donors (Lipinski definition) is 1. The SMILES string of the molecule is CCC(CNC)Cc1cc2c(cc1C)OCCO2. The fraction of sp³-hybridized carbons (Fsp3) is 0.600. The van der Waals surface area contributed by atoms with Crippen LogP contribution >= 0.6 is 0 Å².